The Kier molecular flexibility index (Phi) is 5.22. The average molecular weight is 339 g/mol. The van der Waals surface area contributed by atoms with Gasteiger partial charge in [0.15, 0.2) is 0 Å². The summed E-state index contributed by atoms with van der Waals surface area (Å²) < 4.78 is 26.7. The molecule has 1 saturated heterocycles. The van der Waals surface area contributed by atoms with Gasteiger partial charge >= 0.3 is 0 Å². The first-order valence-corrected chi connectivity index (χ1v) is 7.90. The predicted octanol–water partition coefficient (Wildman–Crippen LogP) is 1.62. The van der Waals surface area contributed by atoms with E-state index in [0.29, 0.717) is 19.2 Å². The number of hydrogen-bond donors (Lipinski definition) is 1. The smallest absolute Gasteiger partial charge is 0.256 e. The van der Waals surface area contributed by atoms with Crippen LogP contribution >= 0.6 is 0 Å². The van der Waals surface area contributed by atoms with Gasteiger partial charge in [0.1, 0.15) is 11.6 Å². The summed E-state index contributed by atoms with van der Waals surface area (Å²) in [6.07, 6.45) is 0. The Morgan fingerprint density at radius 3 is 2.12 bits per heavy atom. The van der Waals surface area contributed by atoms with Gasteiger partial charge in [-0.15, -0.1) is 0 Å². The molecular formula is C17H23F2N3O2. The molecule has 132 valence electrons. The minimum atomic E-state index is -0.881. The van der Waals surface area contributed by atoms with E-state index in [9.17, 15) is 18.4 Å². The Balaban J connectivity index is 2.00. The summed E-state index contributed by atoms with van der Waals surface area (Å²) in [5, 5.41) is 0. The van der Waals surface area contributed by atoms with Gasteiger partial charge in [-0.05, 0) is 17.5 Å². The van der Waals surface area contributed by atoms with Crippen LogP contribution < -0.4 is 5.73 Å². The minimum absolute atomic E-state index is 0.150. The van der Waals surface area contributed by atoms with E-state index in [2.05, 4.69) is 0 Å². The van der Waals surface area contributed by atoms with Crippen molar-refractivity contribution in [3.63, 3.8) is 0 Å². The lowest BCUT2D eigenvalue weighted by Gasteiger charge is -2.38. The number of hydrogen-bond acceptors (Lipinski definition) is 3. The van der Waals surface area contributed by atoms with Crippen LogP contribution in [0.2, 0.25) is 0 Å². The molecule has 0 unspecified atom stereocenters. The van der Waals surface area contributed by atoms with Crippen LogP contribution in [-0.4, -0.2) is 53.8 Å². The molecule has 0 bridgehead atoms. The van der Waals surface area contributed by atoms with Crippen molar-refractivity contribution in [3.8, 4) is 0 Å². The number of nitrogens with two attached hydrogens (primary N) is 1. The molecule has 1 aliphatic rings. The highest BCUT2D eigenvalue weighted by Crippen LogP contribution is 2.20. The molecule has 2 rings (SSSR count). The molecule has 1 heterocycles. The highest BCUT2D eigenvalue weighted by Gasteiger charge is 2.33. The normalized spacial score (nSPS) is 16.9. The van der Waals surface area contributed by atoms with Crippen LogP contribution in [0.4, 0.5) is 8.78 Å². The van der Waals surface area contributed by atoms with E-state index in [1.807, 2.05) is 20.8 Å². The minimum Gasteiger partial charge on any atom is -0.338 e. The molecule has 0 spiro atoms. The van der Waals surface area contributed by atoms with Crippen LogP contribution in [0.1, 0.15) is 31.1 Å². The van der Waals surface area contributed by atoms with E-state index >= 15 is 0 Å². The molecule has 2 amide bonds. The third kappa shape index (κ3) is 3.90. The van der Waals surface area contributed by atoms with Crippen molar-refractivity contribution in [2.75, 3.05) is 26.2 Å². The molecule has 0 aliphatic carbocycles. The van der Waals surface area contributed by atoms with Crippen LogP contribution in [0.25, 0.3) is 0 Å². The standard InChI is InChI=1S/C17H23F2N3O2/c1-17(2,3)14(20)16(24)22-8-6-21(7-9-22)15(23)12-5-4-11(18)10-13(12)19/h4-5,10,14H,6-9,20H2,1-3H3/t14-/m1/s1. The Morgan fingerprint density at radius 1 is 1.08 bits per heavy atom. The average Bonchev–Trinajstić information content (AvgIpc) is 2.52. The monoisotopic (exact) mass is 339 g/mol. The molecule has 1 aromatic carbocycles. The zero-order valence-corrected chi connectivity index (χ0v) is 14.2. The molecule has 0 radical (unpaired) electrons. The molecular weight excluding hydrogens is 316 g/mol. The second-order valence-electron chi connectivity index (χ2n) is 7.09. The van der Waals surface area contributed by atoms with Crippen molar-refractivity contribution in [1.82, 2.24) is 9.80 Å². The molecule has 7 heteroatoms. The second-order valence-corrected chi connectivity index (χ2v) is 7.09. The van der Waals surface area contributed by atoms with E-state index < -0.39 is 23.6 Å². The number of amides is 2. The predicted molar refractivity (Wildman–Crippen MR) is 86.3 cm³/mol. The Bertz CT molecular complexity index is 635. The Labute approximate surface area is 140 Å². The number of nitrogens with zero attached hydrogens (tertiary/aromatic N) is 2. The lowest BCUT2D eigenvalue weighted by molar-refractivity contribution is -0.136. The number of benzene rings is 1. The first-order valence-electron chi connectivity index (χ1n) is 7.90. The zero-order chi connectivity index (χ0) is 18.1. The Hall–Kier alpha value is -2.02. The fourth-order valence-electron chi connectivity index (χ4n) is 2.53. The highest BCUT2D eigenvalue weighted by molar-refractivity contribution is 5.94. The molecule has 24 heavy (non-hydrogen) atoms. The third-order valence-electron chi connectivity index (χ3n) is 4.24. The summed E-state index contributed by atoms with van der Waals surface area (Å²) in [5.74, 6) is -2.26. The van der Waals surface area contributed by atoms with Crippen molar-refractivity contribution in [2.24, 2.45) is 11.1 Å². The fraction of sp³-hybridized carbons (Fsp3) is 0.529. The fourth-order valence-corrected chi connectivity index (χ4v) is 2.53. The molecule has 1 atom stereocenters. The number of carbonyl (C=O) groups excluding carboxylic acids is 2. The van der Waals surface area contributed by atoms with Gasteiger partial charge in [-0.1, -0.05) is 20.8 Å². The maximum atomic E-state index is 13.7. The topological polar surface area (TPSA) is 66.6 Å². The number of rotatable bonds is 2. The summed E-state index contributed by atoms with van der Waals surface area (Å²) in [4.78, 5) is 27.8. The lowest BCUT2D eigenvalue weighted by Crippen LogP contribution is -2.57. The quantitative estimate of drug-likeness (QED) is 0.890. The van der Waals surface area contributed by atoms with Crippen LogP contribution in [0, 0.1) is 17.0 Å². The summed E-state index contributed by atoms with van der Waals surface area (Å²) in [7, 11) is 0. The molecule has 1 fully saturated rings. The third-order valence-corrected chi connectivity index (χ3v) is 4.24. The van der Waals surface area contributed by atoms with Gasteiger partial charge in [0.05, 0.1) is 11.6 Å². The number of halogens is 2. The SMILES string of the molecule is CC(C)(C)[C@H](N)C(=O)N1CCN(C(=O)c2ccc(F)cc2F)CC1. The highest BCUT2D eigenvalue weighted by atomic mass is 19.1. The van der Waals surface area contributed by atoms with E-state index in [0.717, 1.165) is 12.1 Å². The first kappa shape index (κ1) is 18.3. The van der Waals surface area contributed by atoms with Crippen molar-refractivity contribution < 1.29 is 18.4 Å². The van der Waals surface area contributed by atoms with E-state index in [-0.39, 0.29) is 30.0 Å². The van der Waals surface area contributed by atoms with Crippen LogP contribution in [0.3, 0.4) is 0 Å². The van der Waals surface area contributed by atoms with Gasteiger partial charge in [0.25, 0.3) is 5.91 Å². The molecule has 0 aromatic heterocycles. The van der Waals surface area contributed by atoms with Gasteiger partial charge < -0.3 is 15.5 Å². The van der Waals surface area contributed by atoms with Crippen molar-refractivity contribution in [2.45, 2.75) is 26.8 Å². The number of carbonyl (C=O) groups is 2. The maximum Gasteiger partial charge on any atom is 0.256 e. The summed E-state index contributed by atoms with van der Waals surface area (Å²) in [5.41, 5.74) is 5.48. The molecule has 1 aromatic rings. The zero-order valence-electron chi connectivity index (χ0n) is 14.2. The van der Waals surface area contributed by atoms with Crippen LogP contribution in [0.15, 0.2) is 18.2 Å². The largest absolute Gasteiger partial charge is 0.338 e. The van der Waals surface area contributed by atoms with Gasteiger partial charge in [0.2, 0.25) is 5.91 Å². The van der Waals surface area contributed by atoms with Gasteiger partial charge in [-0.3, -0.25) is 9.59 Å². The lowest BCUT2D eigenvalue weighted by atomic mass is 9.86. The van der Waals surface area contributed by atoms with E-state index in [1.54, 1.807) is 4.90 Å². The Morgan fingerprint density at radius 2 is 1.62 bits per heavy atom. The van der Waals surface area contributed by atoms with Crippen molar-refractivity contribution >= 4 is 11.8 Å². The summed E-state index contributed by atoms with van der Waals surface area (Å²) in [6, 6.07) is 2.27. The summed E-state index contributed by atoms with van der Waals surface area (Å²) in [6.45, 7) is 6.96. The van der Waals surface area contributed by atoms with Gasteiger partial charge in [-0.25, -0.2) is 8.78 Å². The number of piperazine rings is 1. The van der Waals surface area contributed by atoms with Crippen LogP contribution in [-0.2, 0) is 4.79 Å². The summed E-state index contributed by atoms with van der Waals surface area (Å²) >= 11 is 0. The second kappa shape index (κ2) is 6.84. The molecule has 1 aliphatic heterocycles. The van der Waals surface area contributed by atoms with Crippen LogP contribution in [0.5, 0.6) is 0 Å². The maximum absolute atomic E-state index is 13.7. The van der Waals surface area contributed by atoms with E-state index in [1.165, 1.54) is 4.90 Å². The van der Waals surface area contributed by atoms with E-state index in [4.69, 9.17) is 5.73 Å². The van der Waals surface area contributed by atoms with Crippen molar-refractivity contribution in [1.29, 1.82) is 0 Å². The molecule has 5 nitrogen and oxygen atoms in total. The molecule has 2 N–H and O–H groups in total. The van der Waals surface area contributed by atoms with Gasteiger partial charge in [-0.2, -0.15) is 0 Å². The van der Waals surface area contributed by atoms with Gasteiger partial charge in [0, 0.05) is 32.2 Å². The van der Waals surface area contributed by atoms with Crippen molar-refractivity contribution in [3.05, 3.63) is 35.4 Å². The molecule has 0 saturated carbocycles. The first-order chi connectivity index (χ1) is 11.1.